The maximum absolute atomic E-state index is 16.5. The van der Waals surface area contributed by atoms with Crippen molar-refractivity contribution in [2.75, 3.05) is 44.4 Å². The second-order valence-corrected chi connectivity index (χ2v) is 11.9. The van der Waals surface area contributed by atoms with Gasteiger partial charge in [0.1, 0.15) is 34.3 Å². The summed E-state index contributed by atoms with van der Waals surface area (Å²) in [6, 6.07) is -0.330. The number of nitrogens with zero attached hydrogens (tertiary/aromatic N) is 5. The Morgan fingerprint density at radius 3 is 2.52 bits per heavy atom. The third kappa shape index (κ3) is 5.10. The van der Waals surface area contributed by atoms with Crippen molar-refractivity contribution < 1.29 is 40.2 Å². The van der Waals surface area contributed by atoms with Crippen LogP contribution in [-0.4, -0.2) is 83.8 Å². The molecule has 2 aromatic heterocycles. The van der Waals surface area contributed by atoms with Crippen molar-refractivity contribution in [2.24, 2.45) is 0 Å². The number of nitrogens with one attached hydrogen (secondary N) is 1. The number of anilines is 2. The third-order valence-electron chi connectivity index (χ3n) is 8.25. The second kappa shape index (κ2) is 10.5. The highest BCUT2D eigenvalue weighted by molar-refractivity contribution is 5.97. The predicted octanol–water partition coefficient (Wildman–Crippen LogP) is 4.55. The molecule has 6 rings (SSSR count). The molecule has 2 saturated heterocycles. The van der Waals surface area contributed by atoms with Crippen molar-refractivity contribution in [1.82, 2.24) is 25.2 Å². The lowest BCUT2D eigenvalue weighted by Gasteiger charge is -2.42. The van der Waals surface area contributed by atoms with E-state index in [9.17, 15) is 26.3 Å². The molecule has 16 heteroatoms. The minimum absolute atomic E-state index is 0.0466. The Bertz CT molecular complexity index is 1630. The summed E-state index contributed by atoms with van der Waals surface area (Å²) in [6.45, 7) is 1.24. The molecule has 0 saturated carbocycles. The topological polar surface area (TPSA) is 102 Å². The number of rotatable bonds is 6. The summed E-state index contributed by atoms with van der Waals surface area (Å²) in [6.07, 6.45) is -4.09. The van der Waals surface area contributed by atoms with Crippen molar-refractivity contribution in [2.45, 2.75) is 63.0 Å². The largest absolute Gasteiger partial charge is 0.472 e. The normalized spacial score (nSPS) is 23.1. The zero-order chi connectivity index (χ0) is 31.9. The fourth-order valence-corrected chi connectivity index (χ4v) is 6.58. The number of pyridine rings is 1. The van der Waals surface area contributed by atoms with Gasteiger partial charge in [-0.3, -0.25) is 0 Å². The summed E-state index contributed by atoms with van der Waals surface area (Å²) in [4.78, 5) is 15.8. The fraction of sp³-hybridized carbons (Fsp3) is 0.536. The molecule has 0 amide bonds. The summed E-state index contributed by atoms with van der Waals surface area (Å²) in [7, 11) is 2.91. The standard InChI is InChI=1S/C28H30F7N7O2/c1-11-18(28(33,34)35)14(7-15(36)19(11)29)21-20(30)22-17-24(40-26(39-22)43-10-27(31,32)9-41(3)4)42-8-13-5-6-16(37-13)23(42)12(2)44-25(17)38-21/h7,12-13,16,23,37H,5-6,8-10,36H2,1-4H3/t12-,13+,16-,23+/m0/s1. The quantitative estimate of drug-likeness (QED) is 0.301. The van der Waals surface area contributed by atoms with Crippen LogP contribution in [-0.2, 0) is 6.18 Å². The van der Waals surface area contributed by atoms with E-state index >= 15 is 4.39 Å². The van der Waals surface area contributed by atoms with E-state index in [2.05, 4.69) is 20.3 Å². The zero-order valence-corrected chi connectivity index (χ0v) is 24.2. The van der Waals surface area contributed by atoms with E-state index < -0.39 is 82.6 Å². The van der Waals surface area contributed by atoms with Crippen molar-refractivity contribution >= 4 is 22.4 Å². The molecule has 1 aromatic carbocycles. The van der Waals surface area contributed by atoms with Crippen LogP contribution in [0.2, 0.25) is 0 Å². The fourth-order valence-electron chi connectivity index (χ4n) is 6.58. The average Bonchev–Trinajstić information content (AvgIpc) is 3.24. The minimum Gasteiger partial charge on any atom is -0.472 e. The number of hydrogen-bond donors (Lipinski definition) is 2. The van der Waals surface area contributed by atoms with Crippen LogP contribution in [0.15, 0.2) is 6.07 Å². The van der Waals surface area contributed by atoms with Crippen LogP contribution in [0, 0.1) is 18.6 Å². The van der Waals surface area contributed by atoms with Gasteiger partial charge in [-0.1, -0.05) is 0 Å². The first-order chi connectivity index (χ1) is 20.6. The number of halogens is 7. The Morgan fingerprint density at radius 1 is 1.11 bits per heavy atom. The maximum atomic E-state index is 16.5. The van der Waals surface area contributed by atoms with Crippen molar-refractivity contribution in [1.29, 1.82) is 0 Å². The molecule has 3 aliphatic heterocycles. The Hall–Kier alpha value is -3.66. The molecule has 3 aromatic rings. The van der Waals surface area contributed by atoms with Crippen molar-refractivity contribution in [3.8, 4) is 23.1 Å². The first kappa shape index (κ1) is 30.4. The zero-order valence-electron chi connectivity index (χ0n) is 24.2. The number of aromatic nitrogens is 3. The number of nitrogens with two attached hydrogens (primary N) is 1. The lowest BCUT2D eigenvalue weighted by atomic mass is 9.96. The van der Waals surface area contributed by atoms with Gasteiger partial charge in [-0.05, 0) is 52.4 Å². The molecule has 4 atom stereocenters. The summed E-state index contributed by atoms with van der Waals surface area (Å²) in [5.41, 5.74) is 0.482. The number of ether oxygens (including phenoxy) is 2. The number of piperazine rings is 1. The molecule has 3 aliphatic rings. The van der Waals surface area contributed by atoms with Crippen molar-refractivity contribution in [3.05, 3.63) is 28.8 Å². The third-order valence-corrected chi connectivity index (χ3v) is 8.25. The Labute approximate surface area is 247 Å². The van der Waals surface area contributed by atoms with Gasteiger partial charge in [0.2, 0.25) is 5.88 Å². The highest BCUT2D eigenvalue weighted by Gasteiger charge is 2.47. The van der Waals surface area contributed by atoms with Gasteiger partial charge < -0.3 is 30.3 Å². The van der Waals surface area contributed by atoms with E-state index in [0.717, 1.165) is 19.8 Å². The molecule has 2 bridgehead atoms. The highest BCUT2D eigenvalue weighted by atomic mass is 19.4. The van der Waals surface area contributed by atoms with Gasteiger partial charge in [0.05, 0.1) is 23.8 Å². The maximum Gasteiger partial charge on any atom is 0.417 e. The van der Waals surface area contributed by atoms with Crippen LogP contribution in [0.4, 0.5) is 42.2 Å². The SMILES string of the molecule is Cc1c(F)c(N)cc(-c2nc3c4c(nc(OCC(F)(F)CN(C)C)nc4c2F)N2C[C@H]4CC[C@H](N4)[C@H]2[C@H](C)O3)c1C(F)(F)F. The van der Waals surface area contributed by atoms with Gasteiger partial charge in [0.15, 0.2) is 12.4 Å². The van der Waals surface area contributed by atoms with Gasteiger partial charge in [-0.2, -0.15) is 23.1 Å². The van der Waals surface area contributed by atoms with E-state index in [0.29, 0.717) is 12.6 Å². The van der Waals surface area contributed by atoms with Gasteiger partial charge >= 0.3 is 12.2 Å². The smallest absolute Gasteiger partial charge is 0.417 e. The lowest BCUT2D eigenvalue weighted by Crippen LogP contribution is -2.62. The van der Waals surface area contributed by atoms with E-state index in [1.54, 1.807) is 6.92 Å². The first-order valence-electron chi connectivity index (χ1n) is 14.0. The van der Waals surface area contributed by atoms with Crippen LogP contribution < -0.4 is 25.4 Å². The number of hydrogen-bond acceptors (Lipinski definition) is 9. The Kier molecular flexibility index (Phi) is 7.22. The molecule has 0 radical (unpaired) electrons. The monoisotopic (exact) mass is 629 g/mol. The molecule has 5 heterocycles. The molecule has 0 aliphatic carbocycles. The molecule has 0 spiro atoms. The highest BCUT2D eigenvalue weighted by Crippen LogP contribution is 2.47. The summed E-state index contributed by atoms with van der Waals surface area (Å²) >= 11 is 0. The molecule has 44 heavy (non-hydrogen) atoms. The summed E-state index contributed by atoms with van der Waals surface area (Å²) in [5.74, 6) is -6.12. The Morgan fingerprint density at radius 2 is 1.84 bits per heavy atom. The van der Waals surface area contributed by atoms with Gasteiger partial charge in [-0.15, -0.1) is 0 Å². The average molecular weight is 630 g/mol. The lowest BCUT2D eigenvalue weighted by molar-refractivity contribution is -0.137. The van der Waals surface area contributed by atoms with E-state index in [1.165, 1.54) is 19.0 Å². The van der Waals surface area contributed by atoms with Crippen LogP contribution in [0.1, 0.15) is 30.9 Å². The number of alkyl halides is 5. The van der Waals surface area contributed by atoms with Gasteiger partial charge in [-0.25, -0.2) is 22.5 Å². The second-order valence-electron chi connectivity index (χ2n) is 11.9. The molecule has 238 valence electrons. The van der Waals surface area contributed by atoms with Crippen molar-refractivity contribution in [3.63, 3.8) is 0 Å². The summed E-state index contributed by atoms with van der Waals surface area (Å²) < 4.78 is 114. The number of fused-ring (bicyclic) bond motifs is 5. The van der Waals surface area contributed by atoms with E-state index in [-0.39, 0.29) is 35.2 Å². The molecule has 0 unspecified atom stereocenters. The predicted molar refractivity (Wildman–Crippen MR) is 147 cm³/mol. The minimum atomic E-state index is -5.12. The molecule has 3 N–H and O–H groups in total. The number of nitrogen functional groups attached to an aromatic ring is 1. The van der Waals surface area contributed by atoms with Gasteiger partial charge in [0, 0.05) is 24.2 Å². The van der Waals surface area contributed by atoms with Gasteiger partial charge in [0.25, 0.3) is 5.92 Å². The van der Waals surface area contributed by atoms with Crippen LogP contribution in [0.25, 0.3) is 22.2 Å². The van der Waals surface area contributed by atoms with Crippen LogP contribution in [0.3, 0.4) is 0 Å². The van der Waals surface area contributed by atoms with E-state index in [1.807, 2.05) is 4.90 Å². The molecule has 2 fully saturated rings. The molecular formula is C28H30F7N7O2. The molecular weight excluding hydrogens is 599 g/mol. The Balaban J connectivity index is 1.60. The molecule has 9 nitrogen and oxygen atoms in total. The first-order valence-corrected chi connectivity index (χ1v) is 14.0. The van der Waals surface area contributed by atoms with Crippen LogP contribution in [0.5, 0.6) is 11.9 Å². The number of benzene rings is 1. The van der Waals surface area contributed by atoms with E-state index in [4.69, 9.17) is 15.2 Å². The summed E-state index contributed by atoms with van der Waals surface area (Å²) in [5, 5.41) is 3.46. The van der Waals surface area contributed by atoms with Crippen LogP contribution >= 0.6 is 0 Å².